The van der Waals surface area contributed by atoms with Gasteiger partial charge in [0.2, 0.25) is 0 Å². The second kappa shape index (κ2) is 4.50. The number of amidine groups is 1. The predicted molar refractivity (Wildman–Crippen MR) is 57.3 cm³/mol. The summed E-state index contributed by atoms with van der Waals surface area (Å²) in [7, 11) is 0. The summed E-state index contributed by atoms with van der Waals surface area (Å²) in [5, 5.41) is 8.53. The van der Waals surface area contributed by atoms with Crippen molar-refractivity contribution in [1.82, 2.24) is 10.5 Å². The molecule has 0 radical (unpaired) electrons. The topological polar surface area (TPSA) is 50.4 Å². The zero-order valence-electron chi connectivity index (χ0n) is 8.06. The molecule has 0 aromatic carbocycles. The van der Waals surface area contributed by atoms with E-state index in [2.05, 4.69) is 22.4 Å². The largest absolute Gasteiger partial charge is 0.360 e. The summed E-state index contributed by atoms with van der Waals surface area (Å²) in [4.78, 5) is 4.39. The van der Waals surface area contributed by atoms with Crippen LogP contribution >= 0.6 is 11.8 Å². The predicted octanol–water partition coefficient (Wildman–Crippen LogP) is 1.65. The Morgan fingerprint density at radius 2 is 2.64 bits per heavy atom. The van der Waals surface area contributed by atoms with E-state index in [1.54, 1.807) is 6.20 Å². The van der Waals surface area contributed by atoms with E-state index in [9.17, 15) is 0 Å². The Bertz CT molecular complexity index is 310. The minimum absolute atomic E-state index is 0.646. The SMILES string of the molecule is CCC1CN=C(NCc2ccno2)S1. The summed E-state index contributed by atoms with van der Waals surface area (Å²) in [5.74, 6) is 0.841. The number of hydrogen-bond acceptors (Lipinski definition) is 5. The van der Waals surface area contributed by atoms with Crippen molar-refractivity contribution in [1.29, 1.82) is 0 Å². The van der Waals surface area contributed by atoms with Crippen LogP contribution in [0.15, 0.2) is 21.8 Å². The van der Waals surface area contributed by atoms with Gasteiger partial charge in [0, 0.05) is 11.3 Å². The summed E-state index contributed by atoms with van der Waals surface area (Å²) in [6.45, 7) is 3.79. The fourth-order valence-electron chi connectivity index (χ4n) is 1.22. The highest BCUT2D eigenvalue weighted by Gasteiger charge is 2.17. The lowest BCUT2D eigenvalue weighted by molar-refractivity contribution is 0.381. The minimum atomic E-state index is 0.646. The van der Waals surface area contributed by atoms with Crippen molar-refractivity contribution in [2.75, 3.05) is 6.54 Å². The fraction of sp³-hybridized carbons (Fsp3) is 0.556. The highest BCUT2D eigenvalue weighted by molar-refractivity contribution is 8.14. The molecule has 76 valence electrons. The molecule has 2 rings (SSSR count). The number of nitrogens with one attached hydrogen (secondary N) is 1. The van der Waals surface area contributed by atoms with Crippen LogP contribution in [0.1, 0.15) is 19.1 Å². The molecule has 0 spiro atoms. The van der Waals surface area contributed by atoms with E-state index in [0.29, 0.717) is 11.8 Å². The molecule has 0 saturated carbocycles. The molecule has 0 aliphatic carbocycles. The molecule has 0 saturated heterocycles. The van der Waals surface area contributed by atoms with Crippen LogP contribution in [-0.4, -0.2) is 22.1 Å². The molecule has 1 aromatic heterocycles. The van der Waals surface area contributed by atoms with Crippen LogP contribution in [0, 0.1) is 0 Å². The average molecular weight is 211 g/mol. The minimum Gasteiger partial charge on any atom is -0.360 e. The summed E-state index contributed by atoms with van der Waals surface area (Å²) < 4.78 is 4.97. The lowest BCUT2D eigenvalue weighted by atomic mass is 10.3. The van der Waals surface area contributed by atoms with Gasteiger partial charge in [0.1, 0.15) is 0 Å². The Kier molecular flexibility index (Phi) is 3.08. The van der Waals surface area contributed by atoms with E-state index in [4.69, 9.17) is 4.52 Å². The second-order valence-electron chi connectivity index (χ2n) is 3.13. The monoisotopic (exact) mass is 211 g/mol. The van der Waals surface area contributed by atoms with Gasteiger partial charge in [-0.25, -0.2) is 0 Å². The number of nitrogens with zero attached hydrogens (tertiary/aromatic N) is 2. The molecule has 1 unspecified atom stereocenters. The van der Waals surface area contributed by atoms with E-state index in [-0.39, 0.29) is 0 Å². The quantitative estimate of drug-likeness (QED) is 0.826. The Morgan fingerprint density at radius 3 is 3.29 bits per heavy atom. The molecular formula is C9H13N3OS. The van der Waals surface area contributed by atoms with Gasteiger partial charge in [-0.2, -0.15) is 0 Å². The van der Waals surface area contributed by atoms with E-state index in [0.717, 1.165) is 17.5 Å². The van der Waals surface area contributed by atoms with Crippen LogP contribution in [0.4, 0.5) is 0 Å². The third-order valence-corrected chi connectivity index (χ3v) is 3.39. The van der Waals surface area contributed by atoms with Crippen molar-refractivity contribution in [2.45, 2.75) is 25.1 Å². The second-order valence-corrected chi connectivity index (χ2v) is 4.42. The van der Waals surface area contributed by atoms with Crippen molar-refractivity contribution in [3.63, 3.8) is 0 Å². The first kappa shape index (κ1) is 9.58. The van der Waals surface area contributed by atoms with Gasteiger partial charge in [-0.15, -0.1) is 0 Å². The standard InChI is InChI=1S/C9H13N3OS/c1-2-8-6-11-9(14-8)10-5-7-3-4-12-13-7/h3-4,8H,2,5-6H2,1H3,(H,10,11). The molecule has 2 heterocycles. The van der Waals surface area contributed by atoms with Gasteiger partial charge in [0.15, 0.2) is 10.9 Å². The van der Waals surface area contributed by atoms with Gasteiger partial charge in [-0.05, 0) is 6.42 Å². The van der Waals surface area contributed by atoms with Crippen molar-refractivity contribution in [3.8, 4) is 0 Å². The molecule has 0 amide bonds. The summed E-state index contributed by atoms with van der Waals surface area (Å²) >= 11 is 1.81. The van der Waals surface area contributed by atoms with Crippen molar-refractivity contribution < 1.29 is 4.52 Å². The van der Waals surface area contributed by atoms with Crippen LogP contribution in [0.25, 0.3) is 0 Å². The van der Waals surface area contributed by atoms with Crippen LogP contribution < -0.4 is 5.32 Å². The summed E-state index contributed by atoms with van der Waals surface area (Å²) in [6, 6.07) is 1.85. The van der Waals surface area contributed by atoms with Gasteiger partial charge in [0.05, 0.1) is 19.3 Å². The molecule has 1 atom stereocenters. The van der Waals surface area contributed by atoms with Gasteiger partial charge in [0.25, 0.3) is 0 Å². The number of aromatic nitrogens is 1. The van der Waals surface area contributed by atoms with Crippen LogP contribution in [0.3, 0.4) is 0 Å². The molecular weight excluding hydrogens is 198 g/mol. The molecule has 1 aliphatic rings. The number of aliphatic imine (C=N–C) groups is 1. The molecule has 1 N–H and O–H groups in total. The van der Waals surface area contributed by atoms with Crippen molar-refractivity contribution in [2.24, 2.45) is 4.99 Å². The molecule has 1 aromatic rings. The van der Waals surface area contributed by atoms with E-state index >= 15 is 0 Å². The summed E-state index contributed by atoms with van der Waals surface area (Å²) in [5.41, 5.74) is 0. The Hall–Kier alpha value is -0.970. The van der Waals surface area contributed by atoms with Crippen molar-refractivity contribution >= 4 is 16.9 Å². The lowest BCUT2D eigenvalue weighted by Crippen LogP contribution is -2.18. The first-order chi connectivity index (χ1) is 6.88. The van der Waals surface area contributed by atoms with Crippen LogP contribution in [0.5, 0.6) is 0 Å². The third kappa shape index (κ3) is 2.29. The van der Waals surface area contributed by atoms with Crippen LogP contribution in [0.2, 0.25) is 0 Å². The maximum absolute atomic E-state index is 4.97. The van der Waals surface area contributed by atoms with Gasteiger partial charge in [-0.3, -0.25) is 4.99 Å². The molecule has 0 bridgehead atoms. The molecule has 14 heavy (non-hydrogen) atoms. The zero-order valence-corrected chi connectivity index (χ0v) is 8.88. The van der Waals surface area contributed by atoms with E-state index in [1.807, 2.05) is 17.8 Å². The van der Waals surface area contributed by atoms with Gasteiger partial charge in [-0.1, -0.05) is 23.8 Å². The molecule has 1 aliphatic heterocycles. The average Bonchev–Trinajstić information content (AvgIpc) is 2.86. The normalized spacial score (nSPS) is 20.9. The zero-order chi connectivity index (χ0) is 9.80. The fourth-order valence-corrected chi connectivity index (χ4v) is 2.16. The van der Waals surface area contributed by atoms with Crippen LogP contribution in [-0.2, 0) is 6.54 Å². The highest BCUT2D eigenvalue weighted by atomic mass is 32.2. The van der Waals surface area contributed by atoms with Gasteiger partial charge >= 0.3 is 0 Å². The maximum Gasteiger partial charge on any atom is 0.157 e. The number of thioether (sulfide) groups is 1. The van der Waals surface area contributed by atoms with Crippen molar-refractivity contribution in [3.05, 3.63) is 18.0 Å². The Labute approximate surface area is 87.1 Å². The first-order valence-electron chi connectivity index (χ1n) is 4.73. The van der Waals surface area contributed by atoms with Gasteiger partial charge < -0.3 is 9.84 Å². The Morgan fingerprint density at radius 1 is 1.71 bits per heavy atom. The Balaban J connectivity index is 1.77. The third-order valence-electron chi connectivity index (χ3n) is 2.08. The first-order valence-corrected chi connectivity index (χ1v) is 5.61. The molecule has 0 fully saturated rings. The lowest BCUT2D eigenvalue weighted by Gasteiger charge is -2.04. The highest BCUT2D eigenvalue weighted by Crippen LogP contribution is 2.22. The smallest absolute Gasteiger partial charge is 0.157 e. The van der Waals surface area contributed by atoms with E-state index in [1.165, 1.54) is 6.42 Å². The molecule has 5 heteroatoms. The maximum atomic E-state index is 4.97. The molecule has 4 nitrogen and oxygen atoms in total. The number of rotatable bonds is 3. The number of hydrogen-bond donors (Lipinski definition) is 1. The van der Waals surface area contributed by atoms with E-state index < -0.39 is 0 Å². The summed E-state index contributed by atoms with van der Waals surface area (Å²) in [6.07, 6.45) is 2.82.